The van der Waals surface area contributed by atoms with Gasteiger partial charge in [0.2, 0.25) is 5.91 Å². The van der Waals surface area contributed by atoms with Gasteiger partial charge in [0.05, 0.1) is 16.8 Å². The van der Waals surface area contributed by atoms with Crippen LogP contribution < -0.4 is 15.5 Å². The van der Waals surface area contributed by atoms with Crippen molar-refractivity contribution in [2.24, 2.45) is 0 Å². The molecule has 30 heavy (non-hydrogen) atoms. The molecule has 1 aliphatic carbocycles. The fraction of sp³-hybridized carbons (Fsp3) is 0.364. The van der Waals surface area contributed by atoms with E-state index in [1.165, 1.54) is 12.3 Å². The summed E-state index contributed by atoms with van der Waals surface area (Å²) in [6.07, 6.45) is 6.64. The molecule has 1 amide bonds. The van der Waals surface area contributed by atoms with Crippen molar-refractivity contribution in [3.8, 4) is 6.07 Å². The van der Waals surface area contributed by atoms with Crippen molar-refractivity contribution >= 4 is 11.7 Å². The molecule has 0 aliphatic heterocycles. The van der Waals surface area contributed by atoms with Crippen LogP contribution in [0.3, 0.4) is 0 Å². The van der Waals surface area contributed by atoms with Crippen molar-refractivity contribution in [3.63, 3.8) is 0 Å². The summed E-state index contributed by atoms with van der Waals surface area (Å²) in [4.78, 5) is 22.6. The number of hydrogen-bond donors (Lipinski definition) is 2. The average molecular weight is 408 g/mol. The van der Waals surface area contributed by atoms with E-state index in [1.54, 1.807) is 30.6 Å². The normalized spacial score (nSPS) is 14.7. The highest BCUT2D eigenvalue weighted by molar-refractivity contribution is 5.77. The number of rotatable bonds is 9. The lowest BCUT2D eigenvalue weighted by atomic mass is 10.1. The lowest BCUT2D eigenvalue weighted by molar-refractivity contribution is -0.120. The van der Waals surface area contributed by atoms with Crippen LogP contribution in [0.5, 0.6) is 0 Å². The number of anilines is 1. The van der Waals surface area contributed by atoms with Gasteiger partial charge in [-0.15, -0.1) is 0 Å². The van der Waals surface area contributed by atoms with Crippen LogP contribution in [-0.2, 0) is 10.3 Å². The van der Waals surface area contributed by atoms with Crippen LogP contribution in [-0.4, -0.2) is 29.0 Å². The number of halogens is 1. The number of amides is 1. The van der Waals surface area contributed by atoms with Gasteiger partial charge >= 0.3 is 0 Å². The number of carbonyl (C=O) groups is 1. The highest BCUT2D eigenvalue weighted by Crippen LogP contribution is 2.45. The second-order valence-electron chi connectivity index (χ2n) is 7.21. The van der Waals surface area contributed by atoms with E-state index in [1.807, 2.05) is 24.8 Å². The summed E-state index contributed by atoms with van der Waals surface area (Å²) in [7, 11) is 0. The molecule has 156 valence electrons. The quantitative estimate of drug-likeness (QED) is 0.663. The van der Waals surface area contributed by atoms with E-state index in [-0.39, 0.29) is 18.1 Å². The first kappa shape index (κ1) is 21.4. The SMILES string of the molecule is CCN(/C(C)=C/NC(=O)CCNC1(c2ncccc2F)CC1)c1ccc(C#N)cn1. The molecule has 0 atom stereocenters. The highest BCUT2D eigenvalue weighted by atomic mass is 19.1. The van der Waals surface area contributed by atoms with Gasteiger partial charge in [0.1, 0.15) is 17.7 Å². The van der Waals surface area contributed by atoms with Gasteiger partial charge in [-0.25, -0.2) is 9.37 Å². The monoisotopic (exact) mass is 408 g/mol. The van der Waals surface area contributed by atoms with Crippen LogP contribution in [0, 0.1) is 17.1 Å². The second kappa shape index (κ2) is 9.46. The maximum absolute atomic E-state index is 14.0. The Kier molecular flexibility index (Phi) is 6.75. The first-order chi connectivity index (χ1) is 14.5. The molecule has 0 saturated heterocycles. The number of hydrogen-bond acceptors (Lipinski definition) is 6. The molecule has 1 aliphatic rings. The topological polar surface area (TPSA) is 93.9 Å². The third-order valence-electron chi connectivity index (χ3n) is 5.11. The maximum Gasteiger partial charge on any atom is 0.225 e. The third-order valence-corrected chi connectivity index (χ3v) is 5.11. The van der Waals surface area contributed by atoms with E-state index in [9.17, 15) is 9.18 Å². The van der Waals surface area contributed by atoms with Gasteiger partial charge in [-0.05, 0) is 51.0 Å². The van der Waals surface area contributed by atoms with E-state index in [4.69, 9.17) is 5.26 Å². The first-order valence-corrected chi connectivity index (χ1v) is 9.95. The van der Waals surface area contributed by atoms with E-state index in [0.29, 0.717) is 30.2 Å². The van der Waals surface area contributed by atoms with Crippen molar-refractivity contribution in [1.82, 2.24) is 20.6 Å². The summed E-state index contributed by atoms with van der Waals surface area (Å²) < 4.78 is 14.0. The van der Waals surface area contributed by atoms with E-state index in [0.717, 1.165) is 18.5 Å². The summed E-state index contributed by atoms with van der Waals surface area (Å²) in [6.45, 7) is 4.96. The predicted octanol–water partition coefficient (Wildman–Crippen LogP) is 2.96. The molecule has 1 saturated carbocycles. The zero-order valence-corrected chi connectivity index (χ0v) is 17.2. The number of nitrogens with zero attached hydrogens (tertiary/aromatic N) is 4. The Labute approximate surface area is 175 Å². The molecule has 2 N–H and O–H groups in total. The van der Waals surface area contributed by atoms with Crippen molar-refractivity contribution < 1.29 is 9.18 Å². The van der Waals surface area contributed by atoms with Gasteiger partial charge in [-0.1, -0.05) is 0 Å². The Hall–Kier alpha value is -3.31. The zero-order valence-electron chi connectivity index (χ0n) is 17.2. The molecular weight excluding hydrogens is 383 g/mol. The van der Waals surface area contributed by atoms with Crippen LogP contribution in [0.4, 0.5) is 10.2 Å². The smallest absolute Gasteiger partial charge is 0.225 e. The van der Waals surface area contributed by atoms with Gasteiger partial charge in [0.15, 0.2) is 0 Å². The Balaban J connectivity index is 1.51. The summed E-state index contributed by atoms with van der Waals surface area (Å²) in [5, 5.41) is 15.0. The Morgan fingerprint density at radius 2 is 2.17 bits per heavy atom. The summed E-state index contributed by atoms with van der Waals surface area (Å²) in [6, 6.07) is 8.51. The van der Waals surface area contributed by atoms with E-state index in [2.05, 4.69) is 20.6 Å². The number of pyridine rings is 2. The predicted molar refractivity (Wildman–Crippen MR) is 112 cm³/mol. The highest BCUT2D eigenvalue weighted by Gasteiger charge is 2.46. The lowest BCUT2D eigenvalue weighted by Crippen LogP contribution is -2.34. The lowest BCUT2D eigenvalue weighted by Gasteiger charge is -2.22. The van der Waals surface area contributed by atoms with E-state index >= 15 is 0 Å². The van der Waals surface area contributed by atoms with Gasteiger partial charge in [-0.2, -0.15) is 5.26 Å². The number of aromatic nitrogens is 2. The molecule has 7 nitrogen and oxygen atoms in total. The molecule has 0 spiro atoms. The van der Waals surface area contributed by atoms with Gasteiger partial charge in [-0.3, -0.25) is 9.78 Å². The molecule has 2 aromatic heterocycles. The minimum absolute atomic E-state index is 0.136. The molecule has 0 bridgehead atoms. The second-order valence-corrected chi connectivity index (χ2v) is 7.21. The molecule has 8 heteroatoms. The molecule has 2 heterocycles. The summed E-state index contributed by atoms with van der Waals surface area (Å²) in [5.41, 5.74) is 1.30. The van der Waals surface area contributed by atoms with Crippen LogP contribution in [0.25, 0.3) is 0 Å². The van der Waals surface area contributed by atoms with Crippen molar-refractivity contribution in [2.75, 3.05) is 18.0 Å². The molecular formula is C22H25FN6O. The average Bonchev–Trinajstić information content (AvgIpc) is 3.54. The Morgan fingerprint density at radius 3 is 2.77 bits per heavy atom. The van der Waals surface area contributed by atoms with Crippen LogP contribution in [0.15, 0.2) is 48.6 Å². The molecule has 1 fully saturated rings. The van der Waals surface area contributed by atoms with Gasteiger partial charge in [0, 0.05) is 43.8 Å². The maximum atomic E-state index is 14.0. The summed E-state index contributed by atoms with van der Waals surface area (Å²) >= 11 is 0. The molecule has 3 rings (SSSR count). The van der Waals surface area contributed by atoms with Crippen molar-refractivity contribution in [2.45, 2.75) is 38.6 Å². The number of nitriles is 1. The number of nitrogens with one attached hydrogen (secondary N) is 2. The third kappa shape index (κ3) is 4.99. The van der Waals surface area contributed by atoms with Crippen molar-refractivity contribution in [3.05, 3.63) is 65.6 Å². The number of carbonyl (C=O) groups excluding carboxylic acids is 1. The van der Waals surface area contributed by atoms with Crippen LogP contribution in [0.1, 0.15) is 44.4 Å². The van der Waals surface area contributed by atoms with Gasteiger partial charge < -0.3 is 15.5 Å². The van der Waals surface area contributed by atoms with Gasteiger partial charge in [0.25, 0.3) is 0 Å². The molecule has 2 aromatic rings. The standard InChI is InChI=1S/C22H25FN6O/c1-3-29(19-7-6-17(13-24)15-26-19)16(2)14-27-20(30)8-12-28-22(9-10-22)21-18(23)5-4-11-25-21/h4-7,11,14-15,28H,3,8-10,12H2,1-2H3,(H,27,30)/b16-14+. The fourth-order valence-electron chi connectivity index (χ4n) is 3.31. The molecule has 0 unspecified atom stereocenters. The Bertz CT molecular complexity index is 962. The Morgan fingerprint density at radius 1 is 1.37 bits per heavy atom. The molecule has 0 radical (unpaired) electrons. The summed E-state index contributed by atoms with van der Waals surface area (Å²) in [5.74, 6) is 0.249. The molecule has 0 aromatic carbocycles. The van der Waals surface area contributed by atoms with Crippen molar-refractivity contribution in [1.29, 1.82) is 5.26 Å². The first-order valence-electron chi connectivity index (χ1n) is 9.95. The van der Waals surface area contributed by atoms with E-state index < -0.39 is 5.54 Å². The fourth-order valence-corrected chi connectivity index (χ4v) is 3.31. The zero-order chi connectivity index (χ0) is 21.6. The minimum Gasteiger partial charge on any atom is -0.331 e. The van der Waals surface area contributed by atoms with Crippen LogP contribution >= 0.6 is 0 Å². The minimum atomic E-state index is -0.447. The van der Waals surface area contributed by atoms with Crippen LogP contribution in [0.2, 0.25) is 0 Å². The number of allylic oxidation sites excluding steroid dienone is 1. The largest absolute Gasteiger partial charge is 0.331 e.